The van der Waals surface area contributed by atoms with E-state index in [-0.39, 0.29) is 53.2 Å². The van der Waals surface area contributed by atoms with Crippen molar-refractivity contribution in [3.05, 3.63) is 0 Å². The van der Waals surface area contributed by atoms with Gasteiger partial charge in [0.05, 0.1) is 12.8 Å². The van der Waals surface area contributed by atoms with E-state index in [4.69, 9.17) is 10.2 Å². The number of aliphatic carboxylic acids is 2. The zero-order valence-corrected chi connectivity index (χ0v) is 8.36. The van der Waals surface area contributed by atoms with Gasteiger partial charge in [0.1, 0.15) is 0 Å². The molecule has 78 valence electrons. The molecular formula is C4H13IO7. The molecule has 0 unspecified atom stereocenters. The van der Waals surface area contributed by atoms with Crippen molar-refractivity contribution < 1.29 is 36.2 Å². The van der Waals surface area contributed by atoms with Crippen LogP contribution in [-0.2, 0) is 9.59 Å². The third kappa shape index (κ3) is 33.7. The lowest BCUT2D eigenvalue weighted by Gasteiger charge is -1.85. The van der Waals surface area contributed by atoms with Crippen molar-refractivity contribution >= 4 is 35.9 Å². The molecule has 0 aliphatic heterocycles. The van der Waals surface area contributed by atoms with Gasteiger partial charge in [-0.15, -0.1) is 24.0 Å². The molecule has 0 bridgehead atoms. The molecule has 0 heterocycles. The lowest BCUT2D eigenvalue weighted by Crippen LogP contribution is -2.00. The van der Waals surface area contributed by atoms with E-state index in [0.29, 0.717) is 0 Å². The number of hydrogen-bond acceptors (Lipinski definition) is 2. The molecule has 0 saturated heterocycles. The van der Waals surface area contributed by atoms with Gasteiger partial charge < -0.3 is 26.6 Å². The van der Waals surface area contributed by atoms with Crippen LogP contribution in [-0.4, -0.2) is 38.6 Å². The van der Waals surface area contributed by atoms with E-state index < -0.39 is 11.9 Å². The summed E-state index contributed by atoms with van der Waals surface area (Å²) in [4.78, 5) is 19.3. The van der Waals surface area contributed by atoms with Gasteiger partial charge in [0.15, 0.2) is 0 Å². The Morgan fingerprint density at radius 2 is 1.00 bits per heavy atom. The van der Waals surface area contributed by atoms with Crippen LogP contribution in [0.2, 0.25) is 0 Å². The van der Waals surface area contributed by atoms with E-state index in [1.165, 1.54) is 0 Å². The Hall–Kier alpha value is -0.450. The first kappa shape index (κ1) is 30.0. The van der Waals surface area contributed by atoms with Crippen LogP contribution in [0.1, 0.15) is 12.8 Å². The second-order valence-corrected chi connectivity index (χ2v) is 1.29. The lowest BCUT2D eigenvalue weighted by molar-refractivity contribution is -0.143. The van der Waals surface area contributed by atoms with Gasteiger partial charge in [0.25, 0.3) is 0 Å². The van der Waals surface area contributed by atoms with Gasteiger partial charge in [0, 0.05) is 0 Å². The monoisotopic (exact) mass is 300 g/mol. The van der Waals surface area contributed by atoms with Gasteiger partial charge in [-0.25, -0.2) is 0 Å². The van der Waals surface area contributed by atoms with Crippen molar-refractivity contribution in [3.8, 4) is 0 Å². The molecule has 0 saturated carbocycles. The number of carbonyl (C=O) groups is 2. The average Bonchev–Trinajstić information content (AvgIpc) is 1.61. The van der Waals surface area contributed by atoms with Crippen molar-refractivity contribution in [2.45, 2.75) is 12.8 Å². The highest BCUT2D eigenvalue weighted by atomic mass is 127. The molecule has 0 aromatic heterocycles. The first-order chi connectivity index (χ1) is 3.63. The zero-order chi connectivity index (χ0) is 6.57. The third-order valence-electron chi connectivity index (χ3n) is 0.553. The molecule has 0 fully saturated rings. The molecule has 0 rings (SSSR count). The Labute approximate surface area is 85.3 Å². The summed E-state index contributed by atoms with van der Waals surface area (Å²) in [6.07, 6.45) is -0.593. The summed E-state index contributed by atoms with van der Waals surface area (Å²) in [7, 11) is 0. The van der Waals surface area contributed by atoms with Gasteiger partial charge >= 0.3 is 11.9 Å². The number of carboxylic acids is 2. The molecule has 0 atom stereocenters. The molecule has 12 heavy (non-hydrogen) atoms. The van der Waals surface area contributed by atoms with Crippen LogP contribution in [0.25, 0.3) is 0 Å². The maximum absolute atomic E-state index is 9.64. The molecule has 0 aromatic rings. The molecule has 0 aromatic carbocycles. The summed E-state index contributed by atoms with van der Waals surface area (Å²) in [5.74, 6) is -2.15. The third-order valence-corrected chi connectivity index (χ3v) is 0.553. The maximum atomic E-state index is 9.64. The zero-order valence-electron chi connectivity index (χ0n) is 6.03. The van der Waals surface area contributed by atoms with Crippen molar-refractivity contribution in [3.63, 3.8) is 0 Å². The fourth-order valence-electron chi connectivity index (χ4n) is 0.214. The van der Waals surface area contributed by atoms with Gasteiger partial charge in [-0.05, 0) is 0 Å². The summed E-state index contributed by atoms with van der Waals surface area (Å²) >= 11 is 0. The molecule has 7 nitrogen and oxygen atoms in total. The van der Waals surface area contributed by atoms with Crippen LogP contribution in [0.5, 0.6) is 0 Å². The lowest BCUT2D eigenvalue weighted by atomic mass is 10.3. The van der Waals surface area contributed by atoms with E-state index in [1.54, 1.807) is 0 Å². The summed E-state index contributed by atoms with van der Waals surface area (Å²) in [5.41, 5.74) is 0. The molecule has 0 aliphatic rings. The van der Waals surface area contributed by atoms with E-state index in [1.807, 2.05) is 0 Å². The van der Waals surface area contributed by atoms with Gasteiger partial charge in [-0.3, -0.25) is 9.59 Å². The number of hydrogen-bond donors (Lipinski definition) is 2. The van der Waals surface area contributed by atoms with Crippen molar-refractivity contribution in [1.29, 1.82) is 0 Å². The minimum atomic E-state index is -1.08. The summed E-state index contributed by atoms with van der Waals surface area (Å²) in [5, 5.41) is 15.8. The minimum Gasteiger partial charge on any atom is -0.481 e. The van der Waals surface area contributed by atoms with Crippen molar-refractivity contribution in [1.82, 2.24) is 0 Å². The number of halogens is 1. The van der Waals surface area contributed by atoms with E-state index in [0.717, 1.165) is 0 Å². The first-order valence-corrected chi connectivity index (χ1v) is 2.06. The predicted octanol–water partition coefficient (Wildman–Crippen LogP) is -1.92. The Morgan fingerprint density at radius 1 is 0.833 bits per heavy atom. The van der Waals surface area contributed by atoms with E-state index in [2.05, 4.69) is 0 Å². The van der Waals surface area contributed by atoms with Crippen molar-refractivity contribution in [2.75, 3.05) is 0 Å². The van der Waals surface area contributed by atoms with Crippen LogP contribution < -0.4 is 0 Å². The highest BCUT2D eigenvalue weighted by molar-refractivity contribution is 14.0. The van der Waals surface area contributed by atoms with Crippen LogP contribution in [0.3, 0.4) is 0 Å². The Kier molecular flexibility index (Phi) is 42.1. The van der Waals surface area contributed by atoms with Gasteiger partial charge in [-0.1, -0.05) is 0 Å². The summed E-state index contributed by atoms with van der Waals surface area (Å²) in [6.45, 7) is 0. The minimum absolute atomic E-state index is 0. The van der Waals surface area contributed by atoms with Crippen LogP contribution in [0, 0.1) is 0 Å². The molecular weight excluding hydrogens is 287 g/mol. The van der Waals surface area contributed by atoms with E-state index in [9.17, 15) is 9.59 Å². The molecule has 0 amide bonds. The smallest absolute Gasteiger partial charge is 0.303 e. The predicted molar refractivity (Wildman–Crippen MR) is 50.8 cm³/mol. The fourth-order valence-corrected chi connectivity index (χ4v) is 0.214. The Morgan fingerprint density at radius 3 is 1.08 bits per heavy atom. The normalized spacial score (nSPS) is 5.67. The maximum Gasteiger partial charge on any atom is 0.303 e. The number of rotatable bonds is 3. The number of carboxylic acid groups (broad SMARTS) is 2. The molecule has 8 heteroatoms. The average molecular weight is 300 g/mol. The topological polar surface area (TPSA) is 169 Å². The Balaban J connectivity index is -0.0000000408. The molecule has 0 spiro atoms. The van der Waals surface area contributed by atoms with Crippen molar-refractivity contribution in [2.24, 2.45) is 0 Å². The quantitative estimate of drug-likeness (QED) is 0.579. The molecule has 0 radical (unpaired) electrons. The summed E-state index contributed by atoms with van der Waals surface area (Å²) in [6, 6.07) is 0. The van der Waals surface area contributed by atoms with Crippen LogP contribution in [0.4, 0.5) is 0 Å². The SMILES string of the molecule is I.O.O.O.O=C(O)CCC(=O)O. The van der Waals surface area contributed by atoms with Gasteiger partial charge in [0.2, 0.25) is 0 Å². The summed E-state index contributed by atoms with van der Waals surface area (Å²) < 4.78 is 0. The van der Waals surface area contributed by atoms with Crippen LogP contribution >= 0.6 is 24.0 Å². The Bertz CT molecular complexity index is 100.0. The second-order valence-electron chi connectivity index (χ2n) is 1.29. The highest BCUT2D eigenvalue weighted by Gasteiger charge is 2.00. The molecule has 0 aliphatic carbocycles. The fraction of sp³-hybridized carbons (Fsp3) is 0.500. The second kappa shape index (κ2) is 16.9. The van der Waals surface area contributed by atoms with Crippen LogP contribution in [0.15, 0.2) is 0 Å². The highest BCUT2D eigenvalue weighted by Crippen LogP contribution is 1.85. The first-order valence-electron chi connectivity index (χ1n) is 2.06. The molecule has 8 N–H and O–H groups in total. The van der Waals surface area contributed by atoms with E-state index >= 15 is 0 Å². The largest absolute Gasteiger partial charge is 0.481 e. The van der Waals surface area contributed by atoms with Gasteiger partial charge in [-0.2, -0.15) is 0 Å². The standard InChI is InChI=1S/C4H6O4.HI.3H2O/c5-3(6)1-2-4(7)8;;;;/h1-2H2,(H,5,6)(H,7,8);1H;3*1H2.